The van der Waals surface area contributed by atoms with Gasteiger partial charge in [0.2, 0.25) is 0 Å². The van der Waals surface area contributed by atoms with Crippen LogP contribution in [0.2, 0.25) is 0 Å². The zero-order valence-corrected chi connectivity index (χ0v) is 12.0. The first kappa shape index (κ1) is 14.9. The zero-order valence-electron chi connectivity index (χ0n) is 10.4. The lowest BCUT2D eigenvalue weighted by Gasteiger charge is -2.26. The number of carbonyl (C=O) groups is 2. The Labute approximate surface area is 122 Å². The normalized spacial score (nSPS) is 15.1. The van der Waals surface area contributed by atoms with Gasteiger partial charge in [-0.15, -0.1) is 0 Å². The van der Waals surface area contributed by atoms with Crippen LogP contribution in [0.3, 0.4) is 0 Å². The summed E-state index contributed by atoms with van der Waals surface area (Å²) in [4.78, 5) is 24.9. The van der Waals surface area contributed by atoms with Gasteiger partial charge in [0.25, 0.3) is 0 Å². The molecule has 1 saturated heterocycles. The second-order valence-electron chi connectivity index (χ2n) is 4.24. The van der Waals surface area contributed by atoms with E-state index in [1.54, 1.807) is 0 Å². The Kier molecular flexibility index (Phi) is 4.66. The van der Waals surface area contributed by atoms with Gasteiger partial charge in [-0.05, 0) is 12.1 Å². The second-order valence-corrected chi connectivity index (χ2v) is 5.16. The van der Waals surface area contributed by atoms with Crippen molar-refractivity contribution >= 4 is 33.4 Å². The highest BCUT2D eigenvalue weighted by Crippen LogP contribution is 2.23. The van der Waals surface area contributed by atoms with Gasteiger partial charge >= 0.3 is 11.8 Å². The van der Waals surface area contributed by atoms with Gasteiger partial charge in [0.1, 0.15) is 5.69 Å². The second kappa shape index (κ2) is 6.27. The SMILES string of the molecule is O=C(Nc1c(F)cc(Br)cc1F)C(=O)N1CCNCC1. The highest BCUT2D eigenvalue weighted by atomic mass is 79.9. The van der Waals surface area contributed by atoms with Gasteiger partial charge in [0.05, 0.1) is 0 Å². The molecule has 0 aliphatic carbocycles. The number of nitrogens with one attached hydrogen (secondary N) is 2. The van der Waals surface area contributed by atoms with Crippen molar-refractivity contribution in [2.45, 2.75) is 0 Å². The number of carbonyl (C=O) groups excluding carboxylic acids is 2. The summed E-state index contributed by atoms with van der Waals surface area (Å²) >= 11 is 2.93. The monoisotopic (exact) mass is 347 g/mol. The number of benzene rings is 1. The number of nitrogens with zero attached hydrogens (tertiary/aromatic N) is 1. The van der Waals surface area contributed by atoms with E-state index in [4.69, 9.17) is 0 Å². The predicted molar refractivity (Wildman–Crippen MR) is 72.1 cm³/mol. The summed E-state index contributed by atoms with van der Waals surface area (Å²) in [6.07, 6.45) is 0. The summed E-state index contributed by atoms with van der Waals surface area (Å²) in [5.41, 5.74) is -0.623. The quantitative estimate of drug-likeness (QED) is 0.748. The fraction of sp³-hybridized carbons (Fsp3) is 0.333. The van der Waals surface area contributed by atoms with Crippen LogP contribution in [-0.2, 0) is 9.59 Å². The lowest BCUT2D eigenvalue weighted by atomic mass is 10.2. The van der Waals surface area contributed by atoms with Gasteiger partial charge < -0.3 is 15.5 Å². The molecule has 0 spiro atoms. The topological polar surface area (TPSA) is 61.4 Å². The van der Waals surface area contributed by atoms with Crippen LogP contribution in [0.1, 0.15) is 0 Å². The molecule has 2 N–H and O–H groups in total. The Hall–Kier alpha value is -1.54. The minimum absolute atomic E-state index is 0.207. The van der Waals surface area contributed by atoms with Gasteiger partial charge in [-0.25, -0.2) is 8.78 Å². The molecule has 0 radical (unpaired) electrons. The maximum atomic E-state index is 13.6. The lowest BCUT2D eigenvalue weighted by molar-refractivity contribution is -0.143. The van der Waals surface area contributed by atoms with Crippen molar-refractivity contribution in [3.63, 3.8) is 0 Å². The van der Waals surface area contributed by atoms with E-state index in [1.165, 1.54) is 4.90 Å². The summed E-state index contributed by atoms with van der Waals surface area (Å²) in [5, 5.41) is 5.01. The molecule has 1 aromatic carbocycles. The van der Waals surface area contributed by atoms with Crippen LogP contribution in [-0.4, -0.2) is 42.9 Å². The maximum absolute atomic E-state index is 13.6. The van der Waals surface area contributed by atoms with E-state index in [2.05, 4.69) is 21.2 Å². The number of rotatable bonds is 1. The Morgan fingerprint density at radius 2 is 1.75 bits per heavy atom. The molecule has 0 saturated carbocycles. The fourth-order valence-corrected chi connectivity index (χ4v) is 2.24. The van der Waals surface area contributed by atoms with Gasteiger partial charge in [-0.3, -0.25) is 9.59 Å². The van der Waals surface area contributed by atoms with E-state index < -0.39 is 29.1 Å². The van der Waals surface area contributed by atoms with Crippen LogP contribution in [0.15, 0.2) is 16.6 Å². The Balaban J connectivity index is 2.09. The third-order valence-corrected chi connectivity index (χ3v) is 3.30. The largest absolute Gasteiger partial charge is 0.332 e. The van der Waals surface area contributed by atoms with Crippen LogP contribution in [0, 0.1) is 11.6 Å². The Morgan fingerprint density at radius 1 is 1.20 bits per heavy atom. The number of amides is 2. The molecule has 1 aliphatic heterocycles. The smallest absolute Gasteiger partial charge is 0.314 e. The molecule has 2 rings (SSSR count). The third kappa shape index (κ3) is 3.31. The van der Waals surface area contributed by atoms with Crippen molar-refractivity contribution < 1.29 is 18.4 Å². The van der Waals surface area contributed by atoms with Crippen molar-refractivity contribution in [3.05, 3.63) is 28.2 Å². The molecule has 1 aliphatic rings. The number of anilines is 1. The molecule has 1 heterocycles. The molecular weight excluding hydrogens is 336 g/mol. The van der Waals surface area contributed by atoms with Crippen LogP contribution >= 0.6 is 15.9 Å². The van der Waals surface area contributed by atoms with Crippen LogP contribution in [0.4, 0.5) is 14.5 Å². The molecule has 1 fully saturated rings. The molecule has 0 unspecified atom stereocenters. The Bertz CT molecular complexity index is 524. The highest BCUT2D eigenvalue weighted by molar-refractivity contribution is 9.10. The van der Waals surface area contributed by atoms with E-state index in [0.29, 0.717) is 26.2 Å². The molecule has 0 atom stereocenters. The number of halogens is 3. The average molecular weight is 348 g/mol. The first-order valence-electron chi connectivity index (χ1n) is 5.94. The number of hydrogen-bond donors (Lipinski definition) is 2. The van der Waals surface area contributed by atoms with Crippen LogP contribution < -0.4 is 10.6 Å². The summed E-state index contributed by atoms with van der Waals surface area (Å²) < 4.78 is 27.3. The van der Waals surface area contributed by atoms with Crippen molar-refractivity contribution in [2.75, 3.05) is 31.5 Å². The van der Waals surface area contributed by atoms with E-state index in [1.807, 2.05) is 5.32 Å². The van der Waals surface area contributed by atoms with E-state index in [0.717, 1.165) is 12.1 Å². The van der Waals surface area contributed by atoms with Crippen molar-refractivity contribution in [3.8, 4) is 0 Å². The van der Waals surface area contributed by atoms with Gasteiger partial charge in [0.15, 0.2) is 11.6 Å². The molecule has 5 nitrogen and oxygen atoms in total. The van der Waals surface area contributed by atoms with E-state index in [9.17, 15) is 18.4 Å². The molecule has 108 valence electrons. The maximum Gasteiger partial charge on any atom is 0.314 e. The minimum Gasteiger partial charge on any atom is -0.332 e. The average Bonchev–Trinajstić information content (AvgIpc) is 2.42. The number of hydrogen-bond acceptors (Lipinski definition) is 3. The molecular formula is C12H12BrF2N3O2. The van der Waals surface area contributed by atoms with Crippen molar-refractivity contribution in [1.82, 2.24) is 10.2 Å². The van der Waals surface area contributed by atoms with Gasteiger partial charge in [-0.1, -0.05) is 15.9 Å². The van der Waals surface area contributed by atoms with Gasteiger partial charge in [-0.2, -0.15) is 0 Å². The molecule has 8 heteroatoms. The first-order chi connectivity index (χ1) is 9.49. The molecule has 0 bridgehead atoms. The van der Waals surface area contributed by atoms with Crippen LogP contribution in [0.25, 0.3) is 0 Å². The van der Waals surface area contributed by atoms with Crippen molar-refractivity contribution in [1.29, 1.82) is 0 Å². The summed E-state index contributed by atoms with van der Waals surface area (Å²) in [6.45, 7) is 1.94. The number of piperazine rings is 1. The van der Waals surface area contributed by atoms with Crippen molar-refractivity contribution in [2.24, 2.45) is 0 Å². The molecule has 0 aromatic heterocycles. The first-order valence-corrected chi connectivity index (χ1v) is 6.74. The van der Waals surface area contributed by atoms with Crippen LogP contribution in [0.5, 0.6) is 0 Å². The molecule has 2 amide bonds. The van der Waals surface area contributed by atoms with Gasteiger partial charge in [0, 0.05) is 30.7 Å². The molecule has 1 aromatic rings. The minimum atomic E-state index is -1.05. The summed E-state index contributed by atoms with van der Waals surface area (Å²) in [5.74, 6) is -3.74. The summed E-state index contributed by atoms with van der Waals surface area (Å²) in [7, 11) is 0. The lowest BCUT2D eigenvalue weighted by Crippen LogP contribution is -2.50. The van der Waals surface area contributed by atoms with E-state index >= 15 is 0 Å². The Morgan fingerprint density at radius 3 is 2.30 bits per heavy atom. The zero-order chi connectivity index (χ0) is 14.7. The standard InChI is InChI=1S/C12H12BrF2N3O2/c13-7-5-8(14)10(9(15)6-7)17-11(19)12(20)18-3-1-16-2-4-18/h5-6,16H,1-4H2,(H,17,19). The van der Waals surface area contributed by atoms with E-state index in [-0.39, 0.29) is 4.47 Å². The fourth-order valence-electron chi connectivity index (χ4n) is 1.84. The third-order valence-electron chi connectivity index (χ3n) is 2.84. The predicted octanol–water partition coefficient (Wildman–Crippen LogP) is 1.10. The highest BCUT2D eigenvalue weighted by Gasteiger charge is 2.25. The molecule has 20 heavy (non-hydrogen) atoms. The summed E-state index contributed by atoms with van der Waals surface area (Å²) in [6, 6.07) is 2.02.